The summed E-state index contributed by atoms with van der Waals surface area (Å²) in [5.74, 6) is -4.55. The highest BCUT2D eigenvalue weighted by Crippen LogP contribution is 2.34. The Morgan fingerprint density at radius 1 is 0.372 bits per heavy atom. The second kappa shape index (κ2) is 54.4. The van der Waals surface area contributed by atoms with Crippen molar-refractivity contribution in [2.45, 2.75) is 309 Å². The Labute approximate surface area is 477 Å². The van der Waals surface area contributed by atoms with Gasteiger partial charge in [0.15, 0.2) is 0 Å². The lowest BCUT2D eigenvalue weighted by Crippen LogP contribution is -2.62. The number of rotatable bonds is 58. The smallest absolute Gasteiger partial charge is 0.305 e. The zero-order chi connectivity index (χ0) is 57.5. The van der Waals surface area contributed by atoms with Crippen LogP contribution in [0.1, 0.15) is 303 Å². The number of esters is 3. The fourth-order valence-corrected chi connectivity index (χ4v) is 9.86. The minimum absolute atomic E-state index is 0.0723. The Hall–Kier alpha value is -3.20. The van der Waals surface area contributed by atoms with E-state index in [-0.39, 0.29) is 19.3 Å². The fourth-order valence-electron chi connectivity index (χ4n) is 9.43. The van der Waals surface area contributed by atoms with Gasteiger partial charge in [0.25, 0.3) is 0 Å². The maximum atomic E-state index is 14.0. The van der Waals surface area contributed by atoms with E-state index in [1.165, 1.54) is 116 Å². The number of allylic oxidation sites excluding steroid dienone is 6. The van der Waals surface area contributed by atoms with Crippen molar-refractivity contribution in [1.29, 1.82) is 0 Å². The number of unbranched alkanes of at least 4 members (excludes halogenated alkanes) is 33. The van der Waals surface area contributed by atoms with Crippen molar-refractivity contribution in [3.63, 3.8) is 0 Å². The van der Waals surface area contributed by atoms with E-state index in [2.05, 4.69) is 57.2 Å². The highest BCUT2D eigenvalue weighted by molar-refractivity contribution is 8.19. The van der Waals surface area contributed by atoms with Gasteiger partial charge in [-0.25, -0.2) is 0 Å². The third-order valence-corrected chi connectivity index (χ3v) is 15.2. The lowest BCUT2D eigenvalue weighted by atomic mass is 9.98. The molecule has 78 heavy (non-hydrogen) atoms. The first kappa shape index (κ1) is 74.8. The topological polar surface area (TPSA) is 197 Å². The van der Waals surface area contributed by atoms with Crippen LogP contribution in [0.25, 0.3) is 0 Å². The number of hydrogen-bond acceptors (Lipinski definition) is 11. The molecule has 0 saturated heterocycles. The van der Waals surface area contributed by atoms with Gasteiger partial charge in [-0.05, 0) is 96.3 Å². The van der Waals surface area contributed by atoms with Crippen LogP contribution >= 0.6 is 10.9 Å². The number of nitrogens with zero attached hydrogens (tertiary/aromatic N) is 1. The summed E-state index contributed by atoms with van der Waals surface area (Å²) in [7, 11) is -4.18. The fraction of sp³-hybridized carbons (Fsp3) is 0.828. The first-order chi connectivity index (χ1) is 37.8. The Bertz CT molecular complexity index is 1410. The van der Waals surface area contributed by atoms with E-state index < -0.39 is 91.2 Å². The minimum Gasteiger partial charge on any atom is -0.481 e. The molecule has 0 spiro atoms. The zero-order valence-electron chi connectivity index (χ0n) is 50.0. The standard InChI is InChI=1S/C64H117NO12S/c1-4-7-10-13-16-19-22-25-28-31-34-37-40-43-46-49-61(69)75-56-64(65(54-55-78(72,73)74)59(66)52-53-60(67)68,57-76-62(70)50-47-44-41-38-35-32-29-26-23-20-17-14-11-8-5-2)58-77-63(71)51-48-45-42-39-36-33-30-27-24-21-18-15-12-9-6-3/h25-30,72-74H,4-24,31-58H2,1-3H3,(H,67,68). The average molecular weight is 1120 g/mol. The number of carboxylic acids is 1. The third kappa shape index (κ3) is 49.8. The second-order valence-electron chi connectivity index (χ2n) is 22.0. The lowest BCUT2D eigenvalue weighted by Gasteiger charge is -2.43. The van der Waals surface area contributed by atoms with Gasteiger partial charge in [-0.2, -0.15) is 0 Å². The molecule has 0 aliphatic carbocycles. The molecule has 0 unspecified atom stereocenters. The van der Waals surface area contributed by atoms with E-state index in [1.54, 1.807) is 0 Å². The number of hydrogen-bond donors (Lipinski definition) is 4. The summed E-state index contributed by atoms with van der Waals surface area (Å²) >= 11 is 0. The molecule has 4 N–H and O–H groups in total. The second-order valence-corrected chi connectivity index (χ2v) is 23.7. The van der Waals surface area contributed by atoms with E-state index >= 15 is 0 Å². The molecule has 0 aliphatic heterocycles. The van der Waals surface area contributed by atoms with Gasteiger partial charge in [0.05, 0.1) is 23.0 Å². The number of carboxylic acid groups (broad SMARTS) is 1. The number of ether oxygens (including phenoxy) is 3. The van der Waals surface area contributed by atoms with E-state index in [1.807, 2.05) is 0 Å². The first-order valence-corrected chi connectivity index (χ1v) is 33.4. The summed E-state index contributed by atoms with van der Waals surface area (Å²) in [6, 6.07) is 0. The third-order valence-electron chi connectivity index (χ3n) is 14.4. The quantitative estimate of drug-likeness (QED) is 0.0195. The summed E-state index contributed by atoms with van der Waals surface area (Å²) in [5, 5.41) is 9.52. The number of carbonyl (C=O) groups is 5. The van der Waals surface area contributed by atoms with Crippen molar-refractivity contribution in [1.82, 2.24) is 4.90 Å². The maximum absolute atomic E-state index is 14.0. The van der Waals surface area contributed by atoms with Crippen molar-refractivity contribution in [2.75, 3.05) is 32.1 Å². The SMILES string of the molecule is CCCCCCCCC=CCCCCCCCC(=O)OCC(COC(=O)CCCCCCCC=CCCCCCCCC)(COC(=O)CCCCCCCC=CCCCCCCCC)N(CCS(O)(O)O)C(=O)CCC(=O)O. The normalized spacial score (nSPS) is 12.9. The van der Waals surface area contributed by atoms with Gasteiger partial charge in [-0.15, -0.1) is 0 Å². The van der Waals surface area contributed by atoms with Crippen LogP contribution in [0.3, 0.4) is 0 Å². The molecule has 0 aromatic heterocycles. The molecular weight excluding hydrogens is 1010 g/mol. The number of aliphatic carboxylic acids is 1. The van der Waals surface area contributed by atoms with E-state index in [4.69, 9.17) is 14.2 Å². The molecule has 0 bridgehead atoms. The highest BCUT2D eigenvalue weighted by atomic mass is 32.3. The van der Waals surface area contributed by atoms with Crippen molar-refractivity contribution in [3.8, 4) is 0 Å². The molecular formula is C64H117NO12S. The molecule has 1 amide bonds. The van der Waals surface area contributed by atoms with Gasteiger partial charge in [-0.3, -0.25) is 24.0 Å². The molecule has 13 nitrogen and oxygen atoms in total. The first-order valence-electron chi connectivity index (χ1n) is 31.7. The molecule has 456 valence electrons. The molecule has 0 radical (unpaired) electrons. The van der Waals surface area contributed by atoms with E-state index in [0.29, 0.717) is 19.3 Å². The highest BCUT2D eigenvalue weighted by Gasteiger charge is 2.45. The van der Waals surface area contributed by atoms with Gasteiger partial charge in [-0.1, -0.05) is 211 Å². The minimum atomic E-state index is -4.18. The summed E-state index contributed by atoms with van der Waals surface area (Å²) in [6.45, 7) is 4.35. The van der Waals surface area contributed by atoms with Gasteiger partial charge < -0.3 is 37.9 Å². The van der Waals surface area contributed by atoms with Crippen molar-refractivity contribution in [3.05, 3.63) is 36.5 Å². The largest absolute Gasteiger partial charge is 0.481 e. The van der Waals surface area contributed by atoms with Crippen LogP contribution in [0.2, 0.25) is 0 Å². The number of carbonyl (C=O) groups excluding carboxylic acids is 4. The molecule has 0 aromatic carbocycles. The predicted molar refractivity (Wildman–Crippen MR) is 323 cm³/mol. The molecule has 0 rings (SSSR count). The summed E-state index contributed by atoms with van der Waals surface area (Å²) < 4.78 is 47.7. The van der Waals surface area contributed by atoms with Crippen LogP contribution in [0.4, 0.5) is 0 Å². The van der Waals surface area contributed by atoms with Crippen LogP contribution in [0, 0.1) is 0 Å². The van der Waals surface area contributed by atoms with Gasteiger partial charge >= 0.3 is 23.9 Å². The molecule has 0 aromatic rings. The molecule has 0 fully saturated rings. The Balaban J connectivity index is 5.80. The monoisotopic (exact) mass is 1120 g/mol. The Morgan fingerprint density at radius 3 is 0.885 bits per heavy atom. The predicted octanol–water partition coefficient (Wildman–Crippen LogP) is 18.4. The van der Waals surface area contributed by atoms with Crippen LogP contribution in [0.15, 0.2) is 36.5 Å². The van der Waals surface area contributed by atoms with Gasteiger partial charge in [0, 0.05) is 32.2 Å². The maximum Gasteiger partial charge on any atom is 0.305 e. The Kier molecular flexibility index (Phi) is 52.2. The lowest BCUT2D eigenvalue weighted by molar-refractivity contribution is -0.172. The van der Waals surface area contributed by atoms with Crippen LogP contribution in [0.5, 0.6) is 0 Å². The average Bonchev–Trinajstić information content (AvgIpc) is 3.41. The molecule has 0 atom stereocenters. The van der Waals surface area contributed by atoms with Crippen LogP contribution < -0.4 is 0 Å². The molecule has 0 aliphatic rings. The molecule has 14 heteroatoms. The van der Waals surface area contributed by atoms with Crippen molar-refractivity contribution < 1.29 is 56.9 Å². The zero-order valence-corrected chi connectivity index (χ0v) is 50.8. The Morgan fingerprint density at radius 2 is 0.628 bits per heavy atom. The molecule has 0 heterocycles. The van der Waals surface area contributed by atoms with E-state index in [0.717, 1.165) is 120 Å². The summed E-state index contributed by atoms with van der Waals surface area (Å²) in [5.41, 5.74) is -1.88. The van der Waals surface area contributed by atoms with Crippen molar-refractivity contribution in [2.24, 2.45) is 0 Å². The number of amides is 1. The van der Waals surface area contributed by atoms with Crippen LogP contribution in [-0.2, 0) is 38.2 Å². The summed E-state index contributed by atoms with van der Waals surface area (Å²) in [6.07, 6.45) is 55.6. The summed E-state index contributed by atoms with van der Waals surface area (Å²) in [4.78, 5) is 67.0. The van der Waals surface area contributed by atoms with Gasteiger partial charge in [0.1, 0.15) is 25.4 Å². The molecule has 0 saturated carbocycles. The van der Waals surface area contributed by atoms with Gasteiger partial charge in [0.2, 0.25) is 5.91 Å². The van der Waals surface area contributed by atoms with Crippen LogP contribution in [-0.4, -0.2) is 91.1 Å². The van der Waals surface area contributed by atoms with Crippen molar-refractivity contribution >= 4 is 40.7 Å². The van der Waals surface area contributed by atoms with E-state index in [9.17, 15) is 42.7 Å².